The van der Waals surface area contributed by atoms with Crippen LogP contribution in [0.5, 0.6) is 0 Å². The Hall–Kier alpha value is -1.18. The first-order valence-corrected chi connectivity index (χ1v) is 5.22. The van der Waals surface area contributed by atoms with Gasteiger partial charge in [0.2, 0.25) is 0 Å². The molecule has 0 heterocycles. The molecule has 1 unspecified atom stereocenters. The van der Waals surface area contributed by atoms with Crippen LogP contribution in [0.2, 0.25) is 0 Å². The molecule has 0 aliphatic carbocycles. The second-order valence-corrected chi connectivity index (χ2v) is 3.55. The van der Waals surface area contributed by atoms with E-state index in [1.54, 1.807) is 4.90 Å². The minimum absolute atomic E-state index is 0.0521. The third-order valence-electron chi connectivity index (χ3n) is 2.23. The van der Waals surface area contributed by atoms with E-state index in [9.17, 15) is 4.79 Å². The number of carboxylic acids is 1. The number of carbonyl (C=O) groups is 1. The lowest BCUT2D eigenvalue weighted by molar-refractivity contribution is -0.138. The Labute approximate surface area is 95.1 Å². The van der Waals surface area contributed by atoms with E-state index in [0.29, 0.717) is 32.5 Å². The van der Waals surface area contributed by atoms with E-state index >= 15 is 0 Å². The molecule has 0 spiro atoms. The standard InChI is InChI=1S/C9H21N5O2/c10-3-1-5-14(6-8(15)16)7(2-4-11)9(12)13/h7H,1-6,10-11H2,(H3,12,13)(H,15,16). The molecule has 7 heteroatoms. The van der Waals surface area contributed by atoms with Crippen molar-refractivity contribution < 1.29 is 9.90 Å². The monoisotopic (exact) mass is 231 g/mol. The average molecular weight is 231 g/mol. The summed E-state index contributed by atoms with van der Waals surface area (Å²) in [6.45, 7) is 1.20. The smallest absolute Gasteiger partial charge is 0.317 e. The van der Waals surface area contributed by atoms with Gasteiger partial charge in [-0.25, -0.2) is 0 Å². The largest absolute Gasteiger partial charge is 0.480 e. The zero-order valence-corrected chi connectivity index (χ0v) is 9.35. The molecule has 0 rings (SSSR count). The molecule has 94 valence electrons. The van der Waals surface area contributed by atoms with Gasteiger partial charge in [0, 0.05) is 6.54 Å². The Balaban J connectivity index is 4.52. The Morgan fingerprint density at radius 3 is 2.38 bits per heavy atom. The molecule has 0 aromatic heterocycles. The lowest BCUT2D eigenvalue weighted by Crippen LogP contribution is -2.48. The summed E-state index contributed by atoms with van der Waals surface area (Å²) < 4.78 is 0. The van der Waals surface area contributed by atoms with Crippen LogP contribution in [-0.4, -0.2) is 54.0 Å². The molecule has 0 aliphatic rings. The molecule has 0 aromatic rings. The van der Waals surface area contributed by atoms with Crippen molar-refractivity contribution >= 4 is 11.8 Å². The van der Waals surface area contributed by atoms with E-state index in [-0.39, 0.29) is 12.4 Å². The fourth-order valence-corrected chi connectivity index (χ4v) is 1.51. The average Bonchev–Trinajstić information content (AvgIpc) is 2.20. The van der Waals surface area contributed by atoms with Crippen LogP contribution in [0.25, 0.3) is 0 Å². The lowest BCUT2D eigenvalue weighted by atomic mass is 10.1. The lowest BCUT2D eigenvalue weighted by Gasteiger charge is -2.29. The van der Waals surface area contributed by atoms with Crippen LogP contribution in [-0.2, 0) is 4.79 Å². The van der Waals surface area contributed by atoms with Crippen LogP contribution in [0.15, 0.2) is 0 Å². The van der Waals surface area contributed by atoms with E-state index in [1.807, 2.05) is 0 Å². The zero-order chi connectivity index (χ0) is 12.6. The van der Waals surface area contributed by atoms with Gasteiger partial charge in [-0.1, -0.05) is 0 Å². The predicted octanol–water partition coefficient (Wildman–Crippen LogP) is -1.62. The highest BCUT2D eigenvalue weighted by Crippen LogP contribution is 2.04. The van der Waals surface area contributed by atoms with Crippen LogP contribution < -0.4 is 17.2 Å². The van der Waals surface area contributed by atoms with Gasteiger partial charge in [0.25, 0.3) is 0 Å². The number of nitrogens with zero attached hydrogens (tertiary/aromatic N) is 1. The van der Waals surface area contributed by atoms with Crippen molar-refractivity contribution in [1.82, 2.24) is 4.90 Å². The second kappa shape index (κ2) is 8.03. The Morgan fingerprint density at radius 1 is 1.38 bits per heavy atom. The summed E-state index contributed by atoms with van der Waals surface area (Å²) in [6.07, 6.45) is 1.15. The van der Waals surface area contributed by atoms with E-state index < -0.39 is 12.0 Å². The van der Waals surface area contributed by atoms with Gasteiger partial charge < -0.3 is 22.3 Å². The van der Waals surface area contributed by atoms with Crippen molar-refractivity contribution in [1.29, 1.82) is 5.41 Å². The normalized spacial score (nSPS) is 12.7. The highest BCUT2D eigenvalue weighted by molar-refractivity contribution is 5.83. The van der Waals surface area contributed by atoms with E-state index in [4.69, 9.17) is 27.7 Å². The summed E-state index contributed by atoms with van der Waals surface area (Å²) in [7, 11) is 0. The summed E-state index contributed by atoms with van der Waals surface area (Å²) >= 11 is 0. The molecule has 0 aliphatic heterocycles. The van der Waals surface area contributed by atoms with E-state index in [1.165, 1.54) is 0 Å². The Morgan fingerprint density at radius 2 is 2.00 bits per heavy atom. The maximum absolute atomic E-state index is 10.7. The summed E-state index contributed by atoms with van der Waals surface area (Å²) in [5, 5.41) is 16.2. The minimum Gasteiger partial charge on any atom is -0.480 e. The van der Waals surface area contributed by atoms with Gasteiger partial charge >= 0.3 is 5.97 Å². The van der Waals surface area contributed by atoms with Gasteiger partial charge in [0.15, 0.2) is 0 Å². The number of amidine groups is 1. The van der Waals surface area contributed by atoms with E-state index in [2.05, 4.69) is 0 Å². The number of nitrogens with two attached hydrogens (primary N) is 3. The van der Waals surface area contributed by atoms with Gasteiger partial charge in [-0.3, -0.25) is 15.1 Å². The molecule has 0 fully saturated rings. The van der Waals surface area contributed by atoms with Crippen LogP contribution in [0, 0.1) is 5.41 Å². The topological polar surface area (TPSA) is 142 Å². The Bertz CT molecular complexity index is 234. The molecule has 8 N–H and O–H groups in total. The predicted molar refractivity (Wildman–Crippen MR) is 62.3 cm³/mol. The van der Waals surface area contributed by atoms with Crippen LogP contribution >= 0.6 is 0 Å². The summed E-state index contributed by atoms with van der Waals surface area (Å²) in [6, 6.07) is -0.410. The van der Waals surface area contributed by atoms with Crippen molar-refractivity contribution in [2.45, 2.75) is 18.9 Å². The van der Waals surface area contributed by atoms with Gasteiger partial charge in [-0.2, -0.15) is 0 Å². The molecule has 0 amide bonds. The van der Waals surface area contributed by atoms with Crippen molar-refractivity contribution in [3.05, 3.63) is 0 Å². The van der Waals surface area contributed by atoms with Gasteiger partial charge in [0.1, 0.15) is 5.84 Å². The minimum atomic E-state index is -0.944. The number of carboxylic acid groups (broad SMARTS) is 1. The molecule has 0 radical (unpaired) electrons. The number of rotatable bonds is 9. The van der Waals surface area contributed by atoms with Gasteiger partial charge in [0.05, 0.1) is 12.6 Å². The number of hydrogen-bond acceptors (Lipinski definition) is 5. The SMILES string of the molecule is N=C(N)C(CCN)N(CCCN)CC(=O)O. The van der Waals surface area contributed by atoms with E-state index in [0.717, 1.165) is 0 Å². The van der Waals surface area contributed by atoms with Crippen LogP contribution in [0.4, 0.5) is 0 Å². The molecule has 7 nitrogen and oxygen atoms in total. The highest BCUT2D eigenvalue weighted by atomic mass is 16.4. The van der Waals surface area contributed by atoms with Gasteiger partial charge in [-0.05, 0) is 25.9 Å². The highest BCUT2D eigenvalue weighted by Gasteiger charge is 2.22. The molecular weight excluding hydrogens is 210 g/mol. The molecule has 1 atom stereocenters. The van der Waals surface area contributed by atoms with Crippen LogP contribution in [0.1, 0.15) is 12.8 Å². The molecule has 0 aromatic carbocycles. The van der Waals surface area contributed by atoms with Crippen molar-refractivity contribution in [2.75, 3.05) is 26.2 Å². The first kappa shape index (κ1) is 14.8. The molecular formula is C9H21N5O2. The fourth-order valence-electron chi connectivity index (χ4n) is 1.51. The molecule has 0 saturated heterocycles. The number of nitrogens with one attached hydrogen (secondary N) is 1. The maximum atomic E-state index is 10.7. The summed E-state index contributed by atoms with van der Waals surface area (Å²) in [5.74, 6) is -0.996. The Kier molecular flexibility index (Phi) is 7.44. The second-order valence-electron chi connectivity index (χ2n) is 3.55. The van der Waals surface area contributed by atoms with Crippen molar-refractivity contribution in [3.63, 3.8) is 0 Å². The number of aliphatic carboxylic acids is 1. The summed E-state index contributed by atoms with van der Waals surface area (Å²) in [4.78, 5) is 12.3. The maximum Gasteiger partial charge on any atom is 0.317 e. The molecule has 16 heavy (non-hydrogen) atoms. The first-order chi connectivity index (χ1) is 7.52. The van der Waals surface area contributed by atoms with Crippen molar-refractivity contribution in [3.8, 4) is 0 Å². The third-order valence-corrected chi connectivity index (χ3v) is 2.23. The molecule has 0 bridgehead atoms. The fraction of sp³-hybridized carbons (Fsp3) is 0.778. The van der Waals surface area contributed by atoms with Crippen molar-refractivity contribution in [2.24, 2.45) is 17.2 Å². The third kappa shape index (κ3) is 5.64. The zero-order valence-electron chi connectivity index (χ0n) is 9.35. The first-order valence-electron chi connectivity index (χ1n) is 5.22. The summed E-state index contributed by atoms with van der Waals surface area (Å²) in [5.41, 5.74) is 16.2. The van der Waals surface area contributed by atoms with Gasteiger partial charge in [-0.15, -0.1) is 0 Å². The quantitative estimate of drug-likeness (QED) is 0.238. The van der Waals surface area contributed by atoms with Crippen LogP contribution in [0.3, 0.4) is 0 Å². The molecule has 0 saturated carbocycles. The number of hydrogen-bond donors (Lipinski definition) is 5.